The molecule has 3 heteroatoms. The highest BCUT2D eigenvalue weighted by atomic mass is 19.2. The molecule has 0 aromatic heterocycles. The summed E-state index contributed by atoms with van der Waals surface area (Å²) in [5.41, 5.74) is 0.681. The van der Waals surface area contributed by atoms with Crippen molar-refractivity contribution in [2.24, 2.45) is 0 Å². The number of benzene rings is 1. The molecule has 0 aliphatic heterocycles. The van der Waals surface area contributed by atoms with Crippen LogP contribution in [0.1, 0.15) is 18.5 Å². The molecular formula is C11H13F2N. The second-order valence-corrected chi connectivity index (χ2v) is 2.94. The zero-order chi connectivity index (χ0) is 10.6. The van der Waals surface area contributed by atoms with Crippen molar-refractivity contribution in [2.75, 3.05) is 6.54 Å². The number of hydrogen-bond acceptors (Lipinski definition) is 1. The average Bonchev–Trinajstić information content (AvgIpc) is 2.19. The topological polar surface area (TPSA) is 12.0 Å². The van der Waals surface area contributed by atoms with E-state index in [4.69, 9.17) is 0 Å². The summed E-state index contributed by atoms with van der Waals surface area (Å²) >= 11 is 0. The van der Waals surface area contributed by atoms with E-state index < -0.39 is 11.6 Å². The predicted molar refractivity (Wildman–Crippen MR) is 53.0 cm³/mol. The van der Waals surface area contributed by atoms with E-state index in [9.17, 15) is 8.78 Å². The predicted octanol–water partition coefficient (Wildman–Crippen LogP) is 2.80. The van der Waals surface area contributed by atoms with Crippen molar-refractivity contribution >= 4 is 0 Å². The highest BCUT2D eigenvalue weighted by Crippen LogP contribution is 2.16. The van der Waals surface area contributed by atoms with Crippen molar-refractivity contribution < 1.29 is 8.78 Å². The highest BCUT2D eigenvalue weighted by molar-refractivity contribution is 5.24. The molecule has 1 N–H and O–H groups in total. The maximum atomic E-state index is 12.9. The summed E-state index contributed by atoms with van der Waals surface area (Å²) in [7, 11) is 0. The fourth-order valence-electron chi connectivity index (χ4n) is 1.26. The van der Waals surface area contributed by atoms with E-state index in [0.717, 1.165) is 12.6 Å². The van der Waals surface area contributed by atoms with Crippen LogP contribution < -0.4 is 5.32 Å². The third-order valence-corrected chi connectivity index (χ3v) is 1.96. The third kappa shape index (κ3) is 2.39. The minimum Gasteiger partial charge on any atom is -0.307 e. The van der Waals surface area contributed by atoms with Gasteiger partial charge in [-0.15, -0.1) is 6.58 Å². The summed E-state index contributed by atoms with van der Waals surface area (Å²) in [6.45, 7) is 6.32. The van der Waals surface area contributed by atoms with Gasteiger partial charge in [0.1, 0.15) is 0 Å². The van der Waals surface area contributed by atoms with Crippen LogP contribution in [0.5, 0.6) is 0 Å². The normalized spacial score (nSPS) is 12.5. The van der Waals surface area contributed by atoms with E-state index in [1.807, 2.05) is 6.92 Å². The van der Waals surface area contributed by atoms with Crippen molar-refractivity contribution in [3.63, 3.8) is 0 Å². The molecule has 0 aliphatic carbocycles. The lowest BCUT2D eigenvalue weighted by molar-refractivity contribution is 0.504. The van der Waals surface area contributed by atoms with Gasteiger partial charge in [0.2, 0.25) is 0 Å². The van der Waals surface area contributed by atoms with Crippen molar-refractivity contribution in [1.29, 1.82) is 0 Å². The molecule has 0 aliphatic rings. The largest absolute Gasteiger partial charge is 0.307 e. The summed E-state index contributed by atoms with van der Waals surface area (Å²) < 4.78 is 25.5. The first-order valence-corrected chi connectivity index (χ1v) is 4.50. The van der Waals surface area contributed by atoms with Crippen LogP contribution in [0, 0.1) is 11.6 Å². The Morgan fingerprint density at radius 3 is 2.64 bits per heavy atom. The molecule has 0 spiro atoms. The van der Waals surface area contributed by atoms with Crippen LogP contribution >= 0.6 is 0 Å². The number of hydrogen-bond donors (Lipinski definition) is 1. The lowest BCUT2D eigenvalue weighted by Gasteiger charge is -2.13. The van der Waals surface area contributed by atoms with E-state index in [1.165, 1.54) is 6.07 Å². The second kappa shape index (κ2) is 4.86. The first kappa shape index (κ1) is 10.9. The Labute approximate surface area is 82.4 Å². The molecule has 0 saturated carbocycles. The molecule has 1 aromatic carbocycles. The Hall–Kier alpha value is -1.22. The quantitative estimate of drug-likeness (QED) is 0.732. The maximum Gasteiger partial charge on any atom is 0.159 e. The van der Waals surface area contributed by atoms with Crippen molar-refractivity contribution in [3.05, 3.63) is 48.1 Å². The molecule has 0 radical (unpaired) electrons. The van der Waals surface area contributed by atoms with E-state index in [2.05, 4.69) is 11.9 Å². The molecule has 0 fully saturated rings. The molecule has 1 nitrogen and oxygen atoms in total. The number of likely N-dealkylation sites (N-methyl/N-ethyl adjacent to an activating group) is 1. The summed E-state index contributed by atoms with van der Waals surface area (Å²) in [6, 6.07) is 3.73. The fourth-order valence-corrected chi connectivity index (χ4v) is 1.26. The third-order valence-electron chi connectivity index (χ3n) is 1.96. The van der Waals surface area contributed by atoms with Crippen LogP contribution in [0.4, 0.5) is 8.78 Å². The van der Waals surface area contributed by atoms with E-state index in [1.54, 1.807) is 12.1 Å². The van der Waals surface area contributed by atoms with Gasteiger partial charge in [0, 0.05) is 0 Å². The Morgan fingerprint density at radius 2 is 2.14 bits per heavy atom. The van der Waals surface area contributed by atoms with Crippen molar-refractivity contribution in [3.8, 4) is 0 Å². The summed E-state index contributed by atoms with van der Waals surface area (Å²) in [5, 5.41) is 3.09. The lowest BCUT2D eigenvalue weighted by Crippen LogP contribution is -2.18. The van der Waals surface area contributed by atoms with Crippen molar-refractivity contribution in [1.82, 2.24) is 5.32 Å². The average molecular weight is 197 g/mol. The standard InChI is InChI=1S/C11H13F2N/c1-3-11(14-4-2)8-5-6-9(12)10(13)7-8/h3,5-7,11,14H,1,4H2,2H3. The molecule has 14 heavy (non-hydrogen) atoms. The molecule has 1 aromatic rings. The lowest BCUT2D eigenvalue weighted by atomic mass is 10.1. The zero-order valence-electron chi connectivity index (χ0n) is 8.06. The molecule has 0 bridgehead atoms. The van der Waals surface area contributed by atoms with Gasteiger partial charge in [-0.2, -0.15) is 0 Å². The minimum atomic E-state index is -0.827. The zero-order valence-corrected chi connectivity index (χ0v) is 8.06. The Morgan fingerprint density at radius 1 is 1.43 bits per heavy atom. The molecule has 1 unspecified atom stereocenters. The molecule has 0 heterocycles. The Bertz CT molecular complexity index is 323. The summed E-state index contributed by atoms with van der Waals surface area (Å²) in [4.78, 5) is 0. The van der Waals surface area contributed by atoms with Gasteiger partial charge in [0.15, 0.2) is 11.6 Å². The second-order valence-electron chi connectivity index (χ2n) is 2.94. The van der Waals surface area contributed by atoms with Gasteiger partial charge in [-0.1, -0.05) is 19.1 Å². The maximum absolute atomic E-state index is 12.9. The Balaban J connectivity index is 2.93. The Kier molecular flexibility index (Phi) is 3.77. The van der Waals surface area contributed by atoms with Crippen LogP contribution in [-0.2, 0) is 0 Å². The van der Waals surface area contributed by atoms with Crippen LogP contribution in [0.2, 0.25) is 0 Å². The van der Waals surface area contributed by atoms with Crippen LogP contribution in [0.15, 0.2) is 30.9 Å². The summed E-state index contributed by atoms with van der Waals surface area (Å²) in [6.07, 6.45) is 1.66. The molecule has 76 valence electrons. The van der Waals surface area contributed by atoms with Crippen molar-refractivity contribution in [2.45, 2.75) is 13.0 Å². The highest BCUT2D eigenvalue weighted by Gasteiger charge is 2.08. The van der Waals surface area contributed by atoms with E-state index >= 15 is 0 Å². The van der Waals surface area contributed by atoms with Gasteiger partial charge in [0.05, 0.1) is 6.04 Å². The molecule has 0 saturated heterocycles. The number of nitrogens with one attached hydrogen (secondary N) is 1. The number of halogens is 2. The first-order chi connectivity index (χ1) is 6.69. The van der Waals surface area contributed by atoms with Gasteiger partial charge in [0.25, 0.3) is 0 Å². The van der Waals surface area contributed by atoms with Gasteiger partial charge in [-0.3, -0.25) is 0 Å². The monoisotopic (exact) mass is 197 g/mol. The van der Waals surface area contributed by atoms with Gasteiger partial charge in [-0.05, 0) is 24.2 Å². The molecular weight excluding hydrogens is 184 g/mol. The van der Waals surface area contributed by atoms with Crippen LogP contribution in [0.25, 0.3) is 0 Å². The van der Waals surface area contributed by atoms with Gasteiger partial charge >= 0.3 is 0 Å². The minimum absolute atomic E-state index is 0.130. The molecule has 1 rings (SSSR count). The molecule has 1 atom stereocenters. The van der Waals surface area contributed by atoms with Crippen LogP contribution in [0.3, 0.4) is 0 Å². The first-order valence-electron chi connectivity index (χ1n) is 4.50. The SMILES string of the molecule is C=CC(NCC)c1ccc(F)c(F)c1. The van der Waals surface area contributed by atoms with Gasteiger partial charge < -0.3 is 5.32 Å². The smallest absolute Gasteiger partial charge is 0.159 e. The summed E-state index contributed by atoms with van der Waals surface area (Å²) in [5.74, 6) is -1.65. The van der Waals surface area contributed by atoms with Crippen LogP contribution in [-0.4, -0.2) is 6.54 Å². The molecule has 0 amide bonds. The fraction of sp³-hybridized carbons (Fsp3) is 0.273. The van der Waals surface area contributed by atoms with E-state index in [0.29, 0.717) is 5.56 Å². The number of rotatable bonds is 4. The van der Waals surface area contributed by atoms with Gasteiger partial charge in [-0.25, -0.2) is 8.78 Å². The van der Waals surface area contributed by atoms with E-state index in [-0.39, 0.29) is 6.04 Å².